The van der Waals surface area contributed by atoms with E-state index in [2.05, 4.69) is 36.4 Å². The molecule has 2 aromatic carbocycles. The smallest absolute Gasteiger partial charge is 0.411 e. The molecule has 2 N–H and O–H groups in total. The molecule has 0 aliphatic carbocycles. The van der Waals surface area contributed by atoms with Gasteiger partial charge in [-0.15, -0.1) is 0 Å². The molecule has 2 saturated heterocycles. The summed E-state index contributed by atoms with van der Waals surface area (Å²) < 4.78 is 11.0. The lowest BCUT2D eigenvalue weighted by Gasteiger charge is -2.36. The minimum Gasteiger partial charge on any atom is -0.492 e. The number of pyridine rings is 1. The lowest BCUT2D eigenvalue weighted by Crippen LogP contribution is -2.50. The summed E-state index contributed by atoms with van der Waals surface area (Å²) in [6.07, 6.45) is 3.10. The summed E-state index contributed by atoms with van der Waals surface area (Å²) >= 11 is 0. The molecular formula is C31H39N7O4. The van der Waals surface area contributed by atoms with Crippen LogP contribution in [0.15, 0.2) is 73.1 Å². The van der Waals surface area contributed by atoms with Gasteiger partial charge in [-0.1, -0.05) is 18.2 Å². The van der Waals surface area contributed by atoms with Crippen LogP contribution >= 0.6 is 0 Å². The van der Waals surface area contributed by atoms with Crippen molar-refractivity contribution in [3.8, 4) is 5.75 Å². The summed E-state index contributed by atoms with van der Waals surface area (Å²) in [4.78, 5) is 38.1. The zero-order valence-corrected chi connectivity index (χ0v) is 24.1. The third-order valence-electron chi connectivity index (χ3n) is 7.49. The molecule has 0 atom stereocenters. The molecule has 1 aromatic heterocycles. The van der Waals surface area contributed by atoms with Crippen LogP contribution in [0.1, 0.15) is 6.92 Å². The van der Waals surface area contributed by atoms with Crippen LogP contribution in [0, 0.1) is 0 Å². The summed E-state index contributed by atoms with van der Waals surface area (Å²) in [6.45, 7) is 9.72. The fourth-order valence-corrected chi connectivity index (χ4v) is 5.20. The predicted octanol–water partition coefficient (Wildman–Crippen LogP) is 4.21. The molecule has 2 aliphatic heterocycles. The van der Waals surface area contributed by atoms with E-state index in [1.54, 1.807) is 18.5 Å². The Labute approximate surface area is 247 Å². The fraction of sp³-hybridized carbons (Fsp3) is 0.387. The lowest BCUT2D eigenvalue weighted by atomic mass is 10.2. The van der Waals surface area contributed by atoms with Gasteiger partial charge in [-0.3, -0.25) is 15.2 Å². The maximum absolute atomic E-state index is 13.0. The van der Waals surface area contributed by atoms with Gasteiger partial charge in [-0.2, -0.15) is 0 Å². The number of piperazine rings is 2. The van der Waals surface area contributed by atoms with E-state index in [1.807, 2.05) is 60.4 Å². The van der Waals surface area contributed by atoms with E-state index >= 15 is 0 Å². The number of aromatic nitrogens is 1. The van der Waals surface area contributed by atoms with E-state index < -0.39 is 6.09 Å². The number of hydrogen-bond acceptors (Lipinski definition) is 8. The first kappa shape index (κ1) is 29.0. The molecular weight excluding hydrogens is 534 g/mol. The average Bonchev–Trinajstić information content (AvgIpc) is 3.03. The summed E-state index contributed by atoms with van der Waals surface area (Å²) in [5.41, 5.74) is 3.61. The van der Waals surface area contributed by atoms with Gasteiger partial charge in [0.2, 0.25) is 0 Å². The second-order valence-corrected chi connectivity index (χ2v) is 10.2. The van der Waals surface area contributed by atoms with Crippen LogP contribution in [0.2, 0.25) is 0 Å². The monoisotopic (exact) mass is 573 g/mol. The summed E-state index contributed by atoms with van der Waals surface area (Å²) in [6, 6.07) is 19.3. The number of hydrogen-bond donors (Lipinski definition) is 2. The van der Waals surface area contributed by atoms with Gasteiger partial charge in [0, 0.05) is 88.4 Å². The highest BCUT2D eigenvalue weighted by molar-refractivity contribution is 5.90. The van der Waals surface area contributed by atoms with Crippen LogP contribution in [0.5, 0.6) is 5.75 Å². The van der Waals surface area contributed by atoms with Crippen molar-refractivity contribution in [3.63, 3.8) is 0 Å². The third kappa shape index (κ3) is 7.82. The molecule has 3 amide bonds. The standard InChI is InChI=1S/C31H39N7O4/c1-2-41-29-9-4-3-8-28(29)34-31(40)42-23-22-35-14-16-37(17-15-35)27-7-5-6-25(24-27)33-30(39)38-20-18-36(19-21-38)26-10-12-32-13-11-26/h3-13,24H,2,14-23H2,1H3,(H,33,39)(H,34,40). The Morgan fingerprint density at radius 2 is 1.52 bits per heavy atom. The van der Waals surface area contributed by atoms with Crippen LogP contribution in [0.25, 0.3) is 0 Å². The molecule has 11 nitrogen and oxygen atoms in total. The molecule has 0 spiro atoms. The number of benzene rings is 2. The van der Waals surface area contributed by atoms with Gasteiger partial charge in [-0.25, -0.2) is 9.59 Å². The largest absolute Gasteiger partial charge is 0.492 e. The Morgan fingerprint density at radius 1 is 0.810 bits per heavy atom. The molecule has 5 rings (SSSR count). The number of ether oxygens (including phenoxy) is 2. The van der Waals surface area contributed by atoms with Crippen LogP contribution in [-0.2, 0) is 4.74 Å². The van der Waals surface area contributed by atoms with E-state index in [1.165, 1.54) is 0 Å². The number of nitrogens with one attached hydrogen (secondary N) is 2. The van der Waals surface area contributed by atoms with Crippen molar-refractivity contribution in [2.45, 2.75) is 6.92 Å². The van der Waals surface area contributed by atoms with E-state index in [-0.39, 0.29) is 6.03 Å². The minimum absolute atomic E-state index is 0.0724. The van der Waals surface area contributed by atoms with Crippen molar-refractivity contribution in [2.75, 3.05) is 92.5 Å². The Hall–Kier alpha value is -4.51. The third-order valence-corrected chi connectivity index (χ3v) is 7.49. The van der Waals surface area contributed by atoms with Crippen LogP contribution in [0.3, 0.4) is 0 Å². The Bertz CT molecular complexity index is 1310. The molecule has 11 heteroatoms. The van der Waals surface area contributed by atoms with Gasteiger partial charge in [0.25, 0.3) is 0 Å². The molecule has 0 saturated carbocycles. The summed E-state index contributed by atoms with van der Waals surface area (Å²) in [5.74, 6) is 0.622. The molecule has 0 bridgehead atoms. The SMILES string of the molecule is CCOc1ccccc1NC(=O)OCCN1CCN(c2cccc(NC(=O)N3CCN(c4ccncc4)CC3)c2)CC1. The number of para-hydroxylation sites is 2. The van der Waals surface area contributed by atoms with Crippen molar-refractivity contribution < 1.29 is 19.1 Å². The predicted molar refractivity (Wildman–Crippen MR) is 165 cm³/mol. The zero-order chi connectivity index (χ0) is 29.1. The Balaban J connectivity index is 1.02. The Morgan fingerprint density at radius 3 is 2.29 bits per heavy atom. The second kappa shape index (κ2) is 14.4. The number of anilines is 4. The van der Waals surface area contributed by atoms with Gasteiger partial charge < -0.3 is 29.5 Å². The van der Waals surface area contributed by atoms with Gasteiger partial charge >= 0.3 is 12.1 Å². The summed E-state index contributed by atoms with van der Waals surface area (Å²) in [7, 11) is 0. The highest BCUT2D eigenvalue weighted by Gasteiger charge is 2.22. The highest BCUT2D eigenvalue weighted by atomic mass is 16.5. The van der Waals surface area contributed by atoms with Gasteiger partial charge in [0.15, 0.2) is 0 Å². The fourth-order valence-electron chi connectivity index (χ4n) is 5.20. The maximum Gasteiger partial charge on any atom is 0.411 e. The van der Waals surface area contributed by atoms with Crippen LogP contribution in [0.4, 0.5) is 32.3 Å². The van der Waals surface area contributed by atoms with Crippen LogP contribution in [-0.4, -0.2) is 99.0 Å². The van der Waals surface area contributed by atoms with Gasteiger partial charge in [0.1, 0.15) is 12.4 Å². The molecule has 3 aromatic rings. The molecule has 3 heterocycles. The highest BCUT2D eigenvalue weighted by Crippen LogP contribution is 2.24. The second-order valence-electron chi connectivity index (χ2n) is 10.2. The number of amides is 3. The Kier molecular flexibility index (Phi) is 9.94. The maximum atomic E-state index is 13.0. The normalized spacial score (nSPS) is 15.7. The van der Waals surface area contributed by atoms with Crippen molar-refractivity contribution in [2.24, 2.45) is 0 Å². The average molecular weight is 574 g/mol. The quantitative estimate of drug-likeness (QED) is 0.393. The first-order valence-corrected chi connectivity index (χ1v) is 14.5. The molecule has 0 unspecified atom stereocenters. The van der Waals surface area contributed by atoms with Gasteiger partial charge in [-0.05, 0) is 49.4 Å². The van der Waals surface area contributed by atoms with E-state index in [0.717, 1.165) is 56.3 Å². The number of carbonyl (C=O) groups is 2. The molecule has 42 heavy (non-hydrogen) atoms. The molecule has 222 valence electrons. The topological polar surface area (TPSA) is 103 Å². The van der Waals surface area contributed by atoms with Gasteiger partial charge in [0.05, 0.1) is 12.3 Å². The van der Waals surface area contributed by atoms with Crippen molar-refractivity contribution in [1.82, 2.24) is 14.8 Å². The molecule has 2 aliphatic rings. The first-order valence-electron chi connectivity index (χ1n) is 14.5. The summed E-state index contributed by atoms with van der Waals surface area (Å²) in [5, 5.41) is 5.84. The van der Waals surface area contributed by atoms with Crippen molar-refractivity contribution in [1.29, 1.82) is 0 Å². The minimum atomic E-state index is -0.490. The van der Waals surface area contributed by atoms with E-state index in [4.69, 9.17) is 9.47 Å². The van der Waals surface area contributed by atoms with Crippen molar-refractivity contribution >= 4 is 34.9 Å². The molecule has 2 fully saturated rings. The zero-order valence-electron chi connectivity index (χ0n) is 24.1. The number of carbonyl (C=O) groups excluding carboxylic acids is 2. The molecule has 0 radical (unpaired) electrons. The first-order chi connectivity index (χ1) is 20.6. The van der Waals surface area contributed by atoms with Crippen molar-refractivity contribution in [3.05, 3.63) is 73.1 Å². The van der Waals surface area contributed by atoms with Crippen LogP contribution < -0.4 is 25.2 Å². The number of nitrogens with zero attached hydrogens (tertiary/aromatic N) is 5. The lowest BCUT2D eigenvalue weighted by molar-refractivity contribution is 0.137. The number of urea groups is 1. The van der Waals surface area contributed by atoms with E-state index in [0.29, 0.717) is 44.3 Å². The van der Waals surface area contributed by atoms with E-state index in [9.17, 15) is 9.59 Å². The number of rotatable bonds is 9.